The van der Waals surface area contributed by atoms with E-state index in [0.29, 0.717) is 12.6 Å². The van der Waals surface area contributed by atoms with E-state index in [9.17, 15) is 9.59 Å². The Hall–Kier alpha value is -1.88. The summed E-state index contributed by atoms with van der Waals surface area (Å²) < 4.78 is 0.746. The largest absolute Gasteiger partial charge is 0.326 e. The van der Waals surface area contributed by atoms with Crippen molar-refractivity contribution in [3.63, 3.8) is 0 Å². The van der Waals surface area contributed by atoms with Crippen molar-refractivity contribution >= 4 is 23.2 Å². The highest BCUT2D eigenvalue weighted by Gasteiger charge is 2.32. The molecule has 0 bridgehead atoms. The molecule has 0 unspecified atom stereocenters. The fourth-order valence-corrected chi connectivity index (χ4v) is 3.14. The molecule has 5 nitrogen and oxygen atoms in total. The van der Waals surface area contributed by atoms with Crippen molar-refractivity contribution in [1.82, 2.24) is 0 Å². The van der Waals surface area contributed by atoms with Gasteiger partial charge in [-0.05, 0) is 49.9 Å². The van der Waals surface area contributed by atoms with Crippen molar-refractivity contribution in [3.05, 3.63) is 24.3 Å². The summed E-state index contributed by atoms with van der Waals surface area (Å²) in [5.74, 6) is -0.0726. The van der Waals surface area contributed by atoms with E-state index in [1.807, 2.05) is 0 Å². The Bertz CT molecular complexity index is 531. The van der Waals surface area contributed by atoms with E-state index < -0.39 is 0 Å². The maximum atomic E-state index is 12.3. The minimum atomic E-state index is -0.104. The van der Waals surface area contributed by atoms with Crippen LogP contribution in [0.5, 0.6) is 0 Å². The van der Waals surface area contributed by atoms with Crippen molar-refractivity contribution in [2.75, 3.05) is 31.3 Å². The number of carbonyl (C=O) groups excluding carboxylic acids is 2. The van der Waals surface area contributed by atoms with Gasteiger partial charge >= 0.3 is 0 Å². The second kappa shape index (κ2) is 6.92. The number of carbonyl (C=O) groups is 2. The highest BCUT2D eigenvalue weighted by molar-refractivity contribution is 5.92. The molecule has 0 aromatic heterocycles. The number of nitrogens with zero attached hydrogens (tertiary/aromatic N) is 1. The minimum absolute atomic E-state index is 0.0316. The lowest BCUT2D eigenvalue weighted by Gasteiger charge is -2.35. The molecule has 22 heavy (non-hydrogen) atoms. The van der Waals surface area contributed by atoms with Crippen LogP contribution >= 0.6 is 0 Å². The number of hydrogen-bond donors (Lipinski definition) is 2. The predicted octanol–water partition coefficient (Wildman–Crippen LogP) is 2.60. The van der Waals surface area contributed by atoms with Crippen molar-refractivity contribution in [2.24, 2.45) is 0 Å². The van der Waals surface area contributed by atoms with Gasteiger partial charge in [0.2, 0.25) is 5.91 Å². The smallest absolute Gasteiger partial charge is 0.279 e. The van der Waals surface area contributed by atoms with Gasteiger partial charge in [-0.3, -0.25) is 9.59 Å². The lowest BCUT2D eigenvalue weighted by atomic mass is 10.2. The second-order valence-electron chi connectivity index (χ2n) is 6.68. The van der Waals surface area contributed by atoms with Gasteiger partial charge in [-0.15, -0.1) is 0 Å². The van der Waals surface area contributed by atoms with Crippen LogP contribution in [0.25, 0.3) is 0 Å². The third-order valence-corrected chi connectivity index (χ3v) is 4.35. The summed E-state index contributed by atoms with van der Waals surface area (Å²) in [5.41, 5.74) is 1.48. The molecule has 2 amide bonds. The molecule has 0 radical (unpaired) electrons. The Balaban J connectivity index is 1.89. The van der Waals surface area contributed by atoms with Crippen LogP contribution in [0.4, 0.5) is 11.4 Å². The third-order valence-electron chi connectivity index (χ3n) is 4.35. The zero-order chi connectivity index (χ0) is 16.2. The number of quaternary nitrogens is 1. The average Bonchev–Trinajstić information content (AvgIpc) is 2.94. The van der Waals surface area contributed by atoms with Gasteiger partial charge in [0.05, 0.1) is 20.1 Å². The summed E-state index contributed by atoms with van der Waals surface area (Å²) in [6.07, 6.45) is 4.98. The van der Waals surface area contributed by atoms with Crippen LogP contribution < -0.4 is 10.6 Å². The summed E-state index contributed by atoms with van der Waals surface area (Å²) in [6, 6.07) is 7.77. The number of benzene rings is 1. The first-order valence-electron chi connectivity index (χ1n) is 7.87. The Labute approximate surface area is 132 Å². The van der Waals surface area contributed by atoms with E-state index in [0.717, 1.165) is 15.9 Å². The van der Waals surface area contributed by atoms with Gasteiger partial charge in [-0.2, -0.15) is 0 Å². The summed E-state index contributed by atoms with van der Waals surface area (Å²) in [7, 11) is 4.27. The number of nitrogens with one attached hydrogen (secondary N) is 2. The molecule has 2 N–H and O–H groups in total. The maximum Gasteiger partial charge on any atom is 0.279 e. The molecule has 1 saturated carbocycles. The molecule has 2 rings (SSSR count). The van der Waals surface area contributed by atoms with E-state index in [-0.39, 0.29) is 11.8 Å². The van der Waals surface area contributed by atoms with Crippen molar-refractivity contribution in [3.8, 4) is 0 Å². The number of anilines is 2. The van der Waals surface area contributed by atoms with E-state index >= 15 is 0 Å². The zero-order valence-corrected chi connectivity index (χ0v) is 13.7. The van der Waals surface area contributed by atoms with E-state index in [1.54, 1.807) is 24.3 Å². The topological polar surface area (TPSA) is 58.2 Å². The van der Waals surface area contributed by atoms with E-state index in [4.69, 9.17) is 0 Å². The van der Waals surface area contributed by atoms with Gasteiger partial charge in [-0.25, -0.2) is 0 Å². The van der Waals surface area contributed by atoms with Crippen LogP contribution in [0.1, 0.15) is 32.6 Å². The Morgan fingerprint density at radius 3 is 2.05 bits per heavy atom. The van der Waals surface area contributed by atoms with E-state index in [1.165, 1.54) is 32.6 Å². The standard InChI is InChI=1S/C17H25N3O2/c1-13(21)18-14-8-10-15(11-9-14)19-17(22)12-20(2,3)16-6-4-5-7-16/h8-11,16H,4-7,12H2,1-3H3,(H-,18,19,21,22)/p+1. The lowest BCUT2D eigenvalue weighted by molar-refractivity contribution is -0.906. The lowest BCUT2D eigenvalue weighted by Crippen LogP contribution is -2.51. The van der Waals surface area contributed by atoms with Crippen LogP contribution in [-0.2, 0) is 9.59 Å². The number of likely N-dealkylation sites (N-methyl/N-ethyl adjacent to an activating group) is 1. The third kappa shape index (κ3) is 4.56. The highest BCUT2D eigenvalue weighted by Crippen LogP contribution is 2.26. The molecule has 5 heteroatoms. The molecule has 1 aliphatic carbocycles. The highest BCUT2D eigenvalue weighted by atomic mass is 16.2. The summed E-state index contributed by atoms with van der Waals surface area (Å²) in [5, 5.41) is 5.64. The van der Waals surface area contributed by atoms with Crippen LogP contribution in [0.15, 0.2) is 24.3 Å². The van der Waals surface area contributed by atoms with Gasteiger partial charge < -0.3 is 15.1 Å². The monoisotopic (exact) mass is 304 g/mol. The molecule has 1 aliphatic rings. The van der Waals surface area contributed by atoms with Crippen LogP contribution in [0, 0.1) is 0 Å². The van der Waals surface area contributed by atoms with Crippen LogP contribution in [-0.4, -0.2) is 43.0 Å². The summed E-state index contributed by atoms with van der Waals surface area (Å²) in [6.45, 7) is 1.96. The zero-order valence-electron chi connectivity index (χ0n) is 13.7. The molecule has 0 atom stereocenters. The van der Waals surface area contributed by atoms with Gasteiger partial charge in [-0.1, -0.05) is 0 Å². The molecule has 0 spiro atoms. The van der Waals surface area contributed by atoms with Gasteiger partial charge in [0, 0.05) is 18.3 Å². The van der Waals surface area contributed by atoms with Crippen molar-refractivity contribution < 1.29 is 14.1 Å². The SMILES string of the molecule is CC(=O)Nc1ccc(NC(=O)C[N+](C)(C)C2CCCC2)cc1. The van der Waals surface area contributed by atoms with Crippen LogP contribution in [0.3, 0.4) is 0 Å². The summed E-state index contributed by atoms with van der Waals surface area (Å²) >= 11 is 0. The Morgan fingerprint density at radius 2 is 1.55 bits per heavy atom. The molecule has 1 aromatic rings. The molecule has 1 aromatic carbocycles. The summed E-state index contributed by atoms with van der Waals surface area (Å²) in [4.78, 5) is 23.2. The van der Waals surface area contributed by atoms with Gasteiger partial charge in [0.1, 0.15) is 0 Å². The number of hydrogen-bond acceptors (Lipinski definition) is 2. The molecule has 1 fully saturated rings. The molecule has 120 valence electrons. The fourth-order valence-electron chi connectivity index (χ4n) is 3.14. The van der Waals surface area contributed by atoms with Gasteiger partial charge in [0.25, 0.3) is 5.91 Å². The first-order chi connectivity index (χ1) is 10.4. The number of rotatable bonds is 5. The van der Waals surface area contributed by atoms with Crippen molar-refractivity contribution in [2.45, 2.75) is 38.6 Å². The molecular formula is C17H26N3O2+. The quantitative estimate of drug-likeness (QED) is 0.822. The molecule has 0 aliphatic heterocycles. The second-order valence-corrected chi connectivity index (χ2v) is 6.68. The van der Waals surface area contributed by atoms with Gasteiger partial charge in [0.15, 0.2) is 6.54 Å². The first kappa shape index (κ1) is 16.5. The fraction of sp³-hybridized carbons (Fsp3) is 0.529. The Kier molecular flexibility index (Phi) is 5.19. The van der Waals surface area contributed by atoms with E-state index in [2.05, 4.69) is 24.7 Å². The normalized spacial score (nSPS) is 15.6. The van der Waals surface area contributed by atoms with Crippen molar-refractivity contribution in [1.29, 1.82) is 0 Å². The average molecular weight is 304 g/mol. The number of amides is 2. The predicted molar refractivity (Wildman–Crippen MR) is 88.6 cm³/mol. The Morgan fingerprint density at radius 1 is 1.05 bits per heavy atom. The molecular weight excluding hydrogens is 278 g/mol. The molecule has 0 saturated heterocycles. The minimum Gasteiger partial charge on any atom is -0.326 e. The van der Waals surface area contributed by atoms with Crippen LogP contribution in [0.2, 0.25) is 0 Å². The first-order valence-corrected chi connectivity index (χ1v) is 7.87. The molecule has 0 heterocycles. The maximum absolute atomic E-state index is 12.3.